The van der Waals surface area contributed by atoms with Gasteiger partial charge in [0, 0.05) is 0 Å². The molecule has 2 saturated carbocycles. The minimum Gasteiger partial charge on any atom is -0.0691 e. The second kappa shape index (κ2) is 10.4. The summed E-state index contributed by atoms with van der Waals surface area (Å²) in [6.07, 6.45) is 21.3. The first-order chi connectivity index (χ1) is 11.5. The first-order valence-corrected chi connectivity index (χ1v) is 14.8. The maximum Gasteiger partial charge on any atom is 0.0507 e. The fourth-order valence-electron chi connectivity index (χ4n) is 5.85. The van der Waals surface area contributed by atoms with Gasteiger partial charge in [0.15, 0.2) is 0 Å². The zero-order valence-corrected chi connectivity index (χ0v) is 18.4. The molecule has 2 aliphatic rings. The number of hydrogen-bond acceptors (Lipinski definition) is 0. The summed E-state index contributed by atoms with van der Waals surface area (Å²) in [4.78, 5) is 0. The molecule has 0 radical (unpaired) electrons. The van der Waals surface area contributed by atoms with E-state index in [1.54, 1.807) is 57.4 Å². The molecule has 0 aromatic carbocycles. The molecule has 0 spiro atoms. The maximum absolute atomic E-state index is 2.74. The van der Waals surface area contributed by atoms with Crippen LogP contribution >= 0.6 is 0 Å². The monoisotopic (exact) mass is 350 g/mol. The van der Waals surface area contributed by atoms with Gasteiger partial charge in [0.05, 0.1) is 8.07 Å². The highest BCUT2D eigenvalue weighted by Gasteiger charge is 2.37. The van der Waals surface area contributed by atoms with Crippen molar-refractivity contribution in [1.82, 2.24) is 0 Å². The van der Waals surface area contributed by atoms with E-state index in [1.165, 1.54) is 38.5 Å². The molecule has 142 valence electrons. The maximum atomic E-state index is 2.74. The predicted octanol–water partition coefficient (Wildman–Crippen LogP) is 8.44. The Morgan fingerprint density at radius 3 is 1.50 bits per heavy atom. The highest BCUT2D eigenvalue weighted by Crippen LogP contribution is 2.45. The van der Waals surface area contributed by atoms with E-state index in [9.17, 15) is 0 Å². The molecule has 1 heteroatoms. The van der Waals surface area contributed by atoms with Gasteiger partial charge in [-0.05, 0) is 23.3 Å². The molecule has 0 aromatic rings. The molecule has 0 saturated heterocycles. The van der Waals surface area contributed by atoms with Gasteiger partial charge in [-0.3, -0.25) is 0 Å². The van der Waals surface area contributed by atoms with E-state index in [0.717, 1.165) is 23.3 Å². The lowest BCUT2D eigenvalue weighted by atomic mass is 9.80. The molecule has 0 unspecified atom stereocenters. The van der Waals surface area contributed by atoms with Crippen molar-refractivity contribution in [3.05, 3.63) is 0 Å². The van der Waals surface area contributed by atoms with Crippen molar-refractivity contribution in [1.29, 1.82) is 0 Å². The Morgan fingerprint density at radius 2 is 1.04 bits per heavy atom. The Hall–Kier alpha value is 0.217. The van der Waals surface area contributed by atoms with E-state index in [0.29, 0.717) is 0 Å². The van der Waals surface area contributed by atoms with Crippen molar-refractivity contribution >= 4 is 8.07 Å². The summed E-state index contributed by atoms with van der Waals surface area (Å²) in [5.74, 6) is 3.27. The summed E-state index contributed by atoms with van der Waals surface area (Å²) in [6.45, 7) is 10.2. The van der Waals surface area contributed by atoms with E-state index in [2.05, 4.69) is 26.9 Å². The molecule has 2 fully saturated rings. The first kappa shape index (κ1) is 20.5. The Balaban J connectivity index is 1.70. The van der Waals surface area contributed by atoms with Crippen molar-refractivity contribution < 1.29 is 0 Å². The molecule has 0 aromatic heterocycles. The van der Waals surface area contributed by atoms with E-state index in [-0.39, 0.29) is 0 Å². The third-order valence-corrected chi connectivity index (χ3v) is 12.1. The Labute approximate surface area is 154 Å². The van der Waals surface area contributed by atoms with Crippen LogP contribution < -0.4 is 0 Å². The zero-order chi connectivity index (χ0) is 17.4. The van der Waals surface area contributed by atoms with Crippen molar-refractivity contribution in [2.24, 2.45) is 17.8 Å². The van der Waals surface area contributed by atoms with Gasteiger partial charge in [0.1, 0.15) is 0 Å². The van der Waals surface area contributed by atoms with Crippen molar-refractivity contribution in [2.75, 3.05) is 0 Å². The lowest BCUT2D eigenvalue weighted by Gasteiger charge is -2.41. The largest absolute Gasteiger partial charge is 0.0691 e. The number of rotatable bonds is 9. The normalized spacial score (nSPS) is 32.0. The molecule has 2 aliphatic carbocycles. The molecule has 24 heavy (non-hydrogen) atoms. The van der Waals surface area contributed by atoms with Gasteiger partial charge in [0.25, 0.3) is 0 Å². The molecule has 0 nitrogen and oxygen atoms in total. The Kier molecular flexibility index (Phi) is 8.88. The van der Waals surface area contributed by atoms with Gasteiger partial charge in [-0.2, -0.15) is 0 Å². The lowest BCUT2D eigenvalue weighted by Crippen LogP contribution is -2.37. The van der Waals surface area contributed by atoms with Gasteiger partial charge in [-0.1, -0.05) is 123 Å². The summed E-state index contributed by atoms with van der Waals surface area (Å²) >= 11 is 0. The predicted molar refractivity (Wildman–Crippen MR) is 112 cm³/mol. The molecule has 0 aliphatic heterocycles. The summed E-state index contributed by atoms with van der Waals surface area (Å²) in [7, 11) is -0.998. The highest BCUT2D eigenvalue weighted by atomic mass is 28.3. The summed E-state index contributed by atoms with van der Waals surface area (Å²) in [5.41, 5.74) is 1.15. The van der Waals surface area contributed by atoms with E-state index < -0.39 is 8.07 Å². The van der Waals surface area contributed by atoms with Gasteiger partial charge in [-0.15, -0.1) is 0 Å². The van der Waals surface area contributed by atoms with Gasteiger partial charge < -0.3 is 0 Å². The SMILES string of the molecule is CCCCC1CCC(C[Si](C)(C)C2CCC(CCCC)CC2)CC1. The minimum atomic E-state index is -0.998. The van der Waals surface area contributed by atoms with E-state index in [4.69, 9.17) is 0 Å². The Morgan fingerprint density at radius 1 is 0.625 bits per heavy atom. The van der Waals surface area contributed by atoms with Gasteiger partial charge in [-0.25, -0.2) is 0 Å². The van der Waals surface area contributed by atoms with Crippen LogP contribution in [0.3, 0.4) is 0 Å². The second-order valence-electron chi connectivity index (χ2n) is 10.1. The van der Waals surface area contributed by atoms with Crippen LogP contribution in [0.1, 0.15) is 104 Å². The first-order valence-electron chi connectivity index (χ1n) is 11.5. The minimum absolute atomic E-state index is 0.998. The van der Waals surface area contributed by atoms with Crippen LogP contribution in [0.4, 0.5) is 0 Å². The van der Waals surface area contributed by atoms with Crippen LogP contribution in [0.2, 0.25) is 24.7 Å². The molecular weight excluding hydrogens is 304 g/mol. The van der Waals surface area contributed by atoms with Gasteiger partial charge >= 0.3 is 0 Å². The third-order valence-electron chi connectivity index (χ3n) is 7.66. The molecule has 0 heterocycles. The van der Waals surface area contributed by atoms with Gasteiger partial charge in [0.2, 0.25) is 0 Å². The molecule has 0 atom stereocenters. The topological polar surface area (TPSA) is 0 Å². The van der Waals surface area contributed by atoms with Crippen LogP contribution in [0, 0.1) is 17.8 Å². The van der Waals surface area contributed by atoms with Crippen LogP contribution in [0.25, 0.3) is 0 Å². The number of unbranched alkanes of at least 4 members (excludes halogenated alkanes) is 2. The second-order valence-corrected chi connectivity index (χ2v) is 15.3. The van der Waals surface area contributed by atoms with Crippen LogP contribution in [-0.4, -0.2) is 8.07 Å². The number of hydrogen-bond donors (Lipinski definition) is 0. The average Bonchev–Trinajstić information content (AvgIpc) is 2.59. The van der Waals surface area contributed by atoms with Crippen molar-refractivity contribution in [2.45, 2.75) is 128 Å². The highest BCUT2D eigenvalue weighted by molar-refractivity contribution is 6.78. The third kappa shape index (κ3) is 6.50. The molecular formula is C23H46Si. The van der Waals surface area contributed by atoms with E-state index >= 15 is 0 Å². The summed E-state index contributed by atoms with van der Waals surface area (Å²) in [6, 6.07) is 1.65. The zero-order valence-electron chi connectivity index (χ0n) is 17.4. The smallest absolute Gasteiger partial charge is 0.0507 e. The molecule has 2 rings (SSSR count). The molecule has 0 bridgehead atoms. The quantitative estimate of drug-likeness (QED) is 0.366. The fraction of sp³-hybridized carbons (Fsp3) is 1.00. The standard InChI is InChI=1S/C23H46Si/c1-5-7-9-20-11-13-22(14-12-20)19-24(3,4)23-17-15-21(16-18-23)10-8-6-2/h20-23H,5-19H2,1-4H3. The average molecular weight is 351 g/mol. The summed E-state index contributed by atoms with van der Waals surface area (Å²) in [5, 5.41) is 0. The molecule has 0 N–H and O–H groups in total. The summed E-state index contributed by atoms with van der Waals surface area (Å²) < 4.78 is 0. The van der Waals surface area contributed by atoms with Crippen molar-refractivity contribution in [3.8, 4) is 0 Å². The van der Waals surface area contributed by atoms with Crippen LogP contribution in [-0.2, 0) is 0 Å². The van der Waals surface area contributed by atoms with Crippen LogP contribution in [0.5, 0.6) is 0 Å². The van der Waals surface area contributed by atoms with E-state index in [1.807, 2.05) is 0 Å². The lowest BCUT2D eigenvalue weighted by molar-refractivity contribution is 0.269. The molecule has 0 amide bonds. The van der Waals surface area contributed by atoms with Crippen LogP contribution in [0.15, 0.2) is 0 Å². The fourth-order valence-corrected chi connectivity index (χ4v) is 9.98. The van der Waals surface area contributed by atoms with Crippen molar-refractivity contribution in [3.63, 3.8) is 0 Å². The Bertz CT molecular complexity index is 319.